The van der Waals surface area contributed by atoms with Crippen LogP contribution in [0.5, 0.6) is 0 Å². The van der Waals surface area contributed by atoms with Gasteiger partial charge in [-0.25, -0.2) is 4.98 Å². The Bertz CT molecular complexity index is 464. The number of hydrogen-bond acceptors (Lipinski definition) is 4. The number of aliphatic carboxylic acids is 1. The fourth-order valence-corrected chi connectivity index (χ4v) is 2.26. The predicted octanol–water partition coefficient (Wildman–Crippen LogP) is 1.25. The van der Waals surface area contributed by atoms with E-state index in [1.807, 2.05) is 24.0 Å². The molecule has 0 saturated carbocycles. The molecule has 0 radical (unpaired) electrons. The summed E-state index contributed by atoms with van der Waals surface area (Å²) in [6, 6.07) is 5.38. The van der Waals surface area contributed by atoms with Gasteiger partial charge >= 0.3 is 5.97 Å². The summed E-state index contributed by atoms with van der Waals surface area (Å²) in [4.78, 5) is 17.0. The molecule has 1 fully saturated rings. The number of rotatable bonds is 2. The van der Waals surface area contributed by atoms with E-state index in [0.717, 1.165) is 5.69 Å². The summed E-state index contributed by atoms with van der Waals surface area (Å²) in [5.74, 6) is -1.08. The summed E-state index contributed by atoms with van der Waals surface area (Å²) in [5, 5.41) is 17.7. The van der Waals surface area contributed by atoms with Gasteiger partial charge in [-0.3, -0.25) is 4.79 Å². The Hall–Kier alpha value is -2.09. The van der Waals surface area contributed by atoms with Gasteiger partial charge in [0.1, 0.15) is 11.8 Å². The van der Waals surface area contributed by atoms with Gasteiger partial charge in [0.05, 0.1) is 17.8 Å². The molecule has 0 amide bonds. The molecular weight excluding hydrogens is 218 g/mol. The molecule has 88 valence electrons. The number of nitriles is 1. The molecule has 1 aromatic heterocycles. The van der Waals surface area contributed by atoms with E-state index in [-0.39, 0.29) is 12.0 Å². The molecule has 1 aliphatic heterocycles. The molecule has 0 aliphatic carbocycles. The van der Waals surface area contributed by atoms with Gasteiger partial charge in [0.2, 0.25) is 0 Å². The second kappa shape index (κ2) is 4.42. The molecular formula is C12H13N3O2. The number of anilines is 1. The lowest BCUT2D eigenvalue weighted by Gasteiger charge is -2.24. The van der Waals surface area contributed by atoms with Gasteiger partial charge in [-0.15, -0.1) is 0 Å². The van der Waals surface area contributed by atoms with Crippen LogP contribution < -0.4 is 4.90 Å². The highest BCUT2D eigenvalue weighted by Crippen LogP contribution is 2.29. The van der Waals surface area contributed by atoms with Gasteiger partial charge in [-0.05, 0) is 25.5 Å². The largest absolute Gasteiger partial charge is 0.481 e. The Balaban J connectivity index is 2.18. The number of nitrogens with zero attached hydrogens (tertiary/aromatic N) is 3. The van der Waals surface area contributed by atoms with Crippen molar-refractivity contribution in [3.8, 4) is 6.07 Å². The zero-order chi connectivity index (χ0) is 12.4. The highest BCUT2D eigenvalue weighted by Gasteiger charge is 2.35. The van der Waals surface area contributed by atoms with Crippen molar-refractivity contribution < 1.29 is 9.90 Å². The van der Waals surface area contributed by atoms with Crippen molar-refractivity contribution in [1.29, 1.82) is 5.26 Å². The number of pyridine rings is 1. The number of hydrogen-bond donors (Lipinski definition) is 1. The summed E-state index contributed by atoms with van der Waals surface area (Å²) in [6.45, 7) is 2.62. The zero-order valence-electron chi connectivity index (χ0n) is 9.50. The van der Waals surface area contributed by atoms with Crippen molar-refractivity contribution in [3.63, 3.8) is 0 Å². The first kappa shape index (κ1) is 11.4. The highest BCUT2D eigenvalue weighted by atomic mass is 16.4. The Morgan fingerprint density at radius 1 is 1.65 bits per heavy atom. The fraction of sp³-hybridized carbons (Fsp3) is 0.417. The quantitative estimate of drug-likeness (QED) is 0.828. The SMILES string of the molecule is CC1C(C(=O)O)CCN1c1ccc(C#N)nc1. The maximum Gasteiger partial charge on any atom is 0.308 e. The summed E-state index contributed by atoms with van der Waals surface area (Å²) in [6.07, 6.45) is 2.27. The summed E-state index contributed by atoms with van der Waals surface area (Å²) in [5.41, 5.74) is 1.25. The van der Waals surface area contributed by atoms with E-state index in [4.69, 9.17) is 10.4 Å². The minimum atomic E-state index is -0.749. The molecule has 5 nitrogen and oxygen atoms in total. The first-order chi connectivity index (χ1) is 8.13. The Labute approximate surface area is 99.3 Å². The normalized spacial score (nSPS) is 23.4. The third kappa shape index (κ3) is 2.07. The zero-order valence-corrected chi connectivity index (χ0v) is 9.50. The summed E-state index contributed by atoms with van der Waals surface area (Å²) in [7, 11) is 0. The smallest absolute Gasteiger partial charge is 0.308 e. The molecule has 1 N–H and O–H groups in total. The highest BCUT2D eigenvalue weighted by molar-refractivity contribution is 5.73. The monoisotopic (exact) mass is 231 g/mol. The van der Waals surface area contributed by atoms with Crippen LogP contribution in [0.1, 0.15) is 19.0 Å². The van der Waals surface area contributed by atoms with Crippen molar-refractivity contribution in [2.75, 3.05) is 11.4 Å². The molecule has 2 heterocycles. The van der Waals surface area contributed by atoms with Crippen LogP contribution in [0.2, 0.25) is 0 Å². The van der Waals surface area contributed by atoms with Crippen LogP contribution in [0.15, 0.2) is 18.3 Å². The minimum absolute atomic E-state index is 0.0396. The lowest BCUT2D eigenvalue weighted by atomic mass is 10.0. The van der Waals surface area contributed by atoms with E-state index in [9.17, 15) is 4.79 Å². The van der Waals surface area contributed by atoms with Crippen LogP contribution in [-0.2, 0) is 4.79 Å². The van der Waals surface area contributed by atoms with Crippen LogP contribution in [0.3, 0.4) is 0 Å². The molecule has 1 aromatic rings. The van der Waals surface area contributed by atoms with E-state index in [1.165, 1.54) is 0 Å². The van der Waals surface area contributed by atoms with Crippen molar-refractivity contribution >= 4 is 11.7 Å². The Morgan fingerprint density at radius 2 is 2.41 bits per heavy atom. The molecule has 5 heteroatoms. The second-order valence-corrected chi connectivity index (χ2v) is 4.18. The van der Waals surface area contributed by atoms with Gasteiger partial charge < -0.3 is 10.0 Å². The van der Waals surface area contributed by atoms with E-state index in [0.29, 0.717) is 18.7 Å². The molecule has 2 rings (SSSR count). The standard InChI is InChI=1S/C12H13N3O2/c1-8-11(12(16)17)4-5-15(8)10-3-2-9(6-13)14-7-10/h2-3,7-8,11H,4-5H2,1H3,(H,16,17). The average molecular weight is 231 g/mol. The third-order valence-corrected chi connectivity index (χ3v) is 3.27. The number of aromatic nitrogens is 1. The van der Waals surface area contributed by atoms with Gasteiger partial charge in [0, 0.05) is 12.6 Å². The second-order valence-electron chi connectivity index (χ2n) is 4.18. The Kier molecular flexibility index (Phi) is 2.96. The van der Waals surface area contributed by atoms with Crippen LogP contribution >= 0.6 is 0 Å². The van der Waals surface area contributed by atoms with E-state index >= 15 is 0 Å². The lowest BCUT2D eigenvalue weighted by Crippen LogP contribution is -2.32. The van der Waals surface area contributed by atoms with E-state index < -0.39 is 5.97 Å². The lowest BCUT2D eigenvalue weighted by molar-refractivity contribution is -0.141. The average Bonchev–Trinajstić information content (AvgIpc) is 2.71. The predicted molar refractivity (Wildman–Crippen MR) is 61.5 cm³/mol. The van der Waals surface area contributed by atoms with Gasteiger partial charge in [-0.2, -0.15) is 5.26 Å². The van der Waals surface area contributed by atoms with E-state index in [1.54, 1.807) is 12.3 Å². The molecule has 0 bridgehead atoms. The number of carboxylic acids is 1. The minimum Gasteiger partial charge on any atom is -0.481 e. The van der Waals surface area contributed by atoms with Gasteiger partial charge in [-0.1, -0.05) is 0 Å². The van der Waals surface area contributed by atoms with Crippen molar-refractivity contribution in [3.05, 3.63) is 24.0 Å². The molecule has 17 heavy (non-hydrogen) atoms. The fourth-order valence-electron chi connectivity index (χ4n) is 2.26. The van der Waals surface area contributed by atoms with Crippen LogP contribution in [-0.4, -0.2) is 28.6 Å². The maximum atomic E-state index is 11.0. The molecule has 0 spiro atoms. The first-order valence-corrected chi connectivity index (χ1v) is 5.49. The van der Waals surface area contributed by atoms with Crippen molar-refractivity contribution in [2.24, 2.45) is 5.92 Å². The van der Waals surface area contributed by atoms with Crippen LogP contribution in [0.25, 0.3) is 0 Å². The van der Waals surface area contributed by atoms with Crippen LogP contribution in [0, 0.1) is 17.2 Å². The van der Waals surface area contributed by atoms with Gasteiger partial charge in [0.25, 0.3) is 0 Å². The number of carbonyl (C=O) groups is 1. The molecule has 1 aliphatic rings. The van der Waals surface area contributed by atoms with Crippen molar-refractivity contribution in [1.82, 2.24) is 4.98 Å². The Morgan fingerprint density at radius 3 is 2.88 bits per heavy atom. The molecule has 2 unspecified atom stereocenters. The first-order valence-electron chi connectivity index (χ1n) is 5.49. The molecule has 0 aromatic carbocycles. The third-order valence-electron chi connectivity index (χ3n) is 3.27. The van der Waals surface area contributed by atoms with E-state index in [2.05, 4.69) is 4.98 Å². The summed E-state index contributed by atoms with van der Waals surface area (Å²) < 4.78 is 0. The topological polar surface area (TPSA) is 77.2 Å². The van der Waals surface area contributed by atoms with Crippen LogP contribution in [0.4, 0.5) is 5.69 Å². The molecule has 2 atom stereocenters. The summed E-state index contributed by atoms with van der Waals surface area (Å²) >= 11 is 0. The maximum absolute atomic E-state index is 11.0. The van der Waals surface area contributed by atoms with Crippen molar-refractivity contribution in [2.45, 2.75) is 19.4 Å². The van der Waals surface area contributed by atoms with Gasteiger partial charge in [0.15, 0.2) is 0 Å². The molecule has 1 saturated heterocycles. The number of carboxylic acid groups (broad SMARTS) is 1.